The molecule has 0 bridgehead atoms. The van der Waals surface area contributed by atoms with Gasteiger partial charge in [-0.2, -0.15) is 105 Å². The molecule has 0 unspecified atom stereocenters. The Morgan fingerprint density at radius 3 is 0.653 bits per heavy atom. The molecule has 0 aliphatic carbocycles. The van der Waals surface area contributed by atoms with Gasteiger partial charge >= 0.3 is 49.4 Å². The van der Waals surface area contributed by atoms with E-state index in [1.54, 1.807) is 0 Å². The first-order valence-electron chi connectivity index (χ1n) is 19.1. The number of para-hydroxylation sites is 2. The van der Waals surface area contributed by atoms with Crippen molar-refractivity contribution < 1.29 is 110 Å². The minimum absolute atomic E-state index is 0.0137. The summed E-state index contributed by atoms with van der Waals surface area (Å²) < 4.78 is 350. The average Bonchev–Trinajstić information content (AvgIpc) is 3.23. The van der Waals surface area contributed by atoms with Crippen LogP contribution in [-0.4, -0.2) is 0 Å². The highest BCUT2D eigenvalue weighted by atomic mass is 32.2. The zero-order valence-electron chi connectivity index (χ0n) is 34.2. The van der Waals surface area contributed by atoms with Gasteiger partial charge in [0, 0.05) is 10.6 Å². The third-order valence-electron chi connectivity index (χ3n) is 10.1. The summed E-state index contributed by atoms with van der Waals surface area (Å²) in [6, 6.07) is 3.84. The summed E-state index contributed by atoms with van der Waals surface area (Å²) in [5, 5.41) is -6.50. The summed E-state index contributed by atoms with van der Waals surface area (Å²) in [4.78, 5) is -0.617. The van der Waals surface area contributed by atoms with Crippen molar-refractivity contribution in [3.05, 3.63) is 154 Å². The van der Waals surface area contributed by atoms with Gasteiger partial charge in [-0.3, -0.25) is 0 Å². The molecule has 0 atom stereocenters. The van der Waals surface area contributed by atoms with Crippen molar-refractivity contribution in [2.24, 2.45) is 0 Å². The van der Waals surface area contributed by atoms with Gasteiger partial charge in [0.05, 0.1) is 54.3 Å². The van der Waals surface area contributed by atoms with Gasteiger partial charge in [0.15, 0.2) is 0 Å². The molecule has 0 radical (unpaired) electrons. The Morgan fingerprint density at radius 2 is 0.472 bits per heavy atom. The topological polar surface area (TPSA) is 9.23 Å². The number of alkyl halides is 24. The lowest BCUT2D eigenvalue weighted by atomic mass is 10.1. The largest absolute Gasteiger partial charge is 0.454 e. The van der Waals surface area contributed by atoms with Crippen molar-refractivity contribution >= 4 is 59.4 Å². The van der Waals surface area contributed by atoms with Crippen LogP contribution in [0.2, 0.25) is 0 Å². The van der Waals surface area contributed by atoms with E-state index in [2.05, 4.69) is 0 Å². The van der Waals surface area contributed by atoms with E-state index in [1.165, 1.54) is 0 Å². The van der Waals surface area contributed by atoms with Gasteiger partial charge in [-0.25, -0.2) is 0 Å². The molecule has 384 valence electrons. The van der Waals surface area contributed by atoms with E-state index in [-0.39, 0.29) is 58.3 Å². The quantitative estimate of drug-likeness (QED) is 0.121. The van der Waals surface area contributed by atoms with Gasteiger partial charge in [-0.05, 0) is 122 Å². The molecule has 7 rings (SSSR count). The Kier molecular flexibility index (Phi) is 13.8. The van der Waals surface area contributed by atoms with Crippen LogP contribution in [-0.2, 0) is 49.4 Å². The van der Waals surface area contributed by atoms with Crippen molar-refractivity contribution in [2.45, 2.75) is 59.2 Å². The standard InChI is InChI=1S/C44H18F24OP2S/c45-37(46,47)19-7-20(38(48,49)50)12-27(11-19)70(28-13-21(39(51,52)53)8-22(14-28)40(54,55)56)31-3-1-5-33-35(31)69-36-32(4-2-6-34(36)72-33)71(29-15-23(41(57,58)59)9-24(16-29)42(60,61)62)30-17-25(43(63,64)65)10-26(18-30)44(66,67)68/h1-18H. The zero-order chi connectivity index (χ0) is 53.7. The monoisotopic (exact) mass is 1110 g/mol. The molecule has 0 spiro atoms. The van der Waals surface area contributed by atoms with Gasteiger partial charge in [0.2, 0.25) is 0 Å². The predicted octanol–water partition coefficient (Wildman–Crippen LogP) is 15.6. The van der Waals surface area contributed by atoms with Gasteiger partial charge in [-0.15, -0.1) is 0 Å². The molecular weight excluding hydrogens is 1090 g/mol. The number of ether oxygens (including phenoxy) is 1. The summed E-state index contributed by atoms with van der Waals surface area (Å²) in [5.41, 5.74) is -16.9. The smallest absolute Gasteiger partial charge is 0.416 e. The SMILES string of the molecule is FC(F)(F)c1cc(P(c2cc(C(F)(F)F)cc(C(F)(F)F)c2)c2cccc3c2Oc2c(cccc2P(c2cc(C(F)(F)F)cc(C(F)(F)F)c2)c2cc(C(F)(F)F)cc(C(F)(F)F)c2)S3)cc(C(F)(F)F)c1. The lowest BCUT2D eigenvalue weighted by Gasteiger charge is -2.31. The third kappa shape index (κ3) is 11.5. The highest BCUT2D eigenvalue weighted by Crippen LogP contribution is 2.54. The van der Waals surface area contributed by atoms with Crippen LogP contribution in [0.1, 0.15) is 44.5 Å². The van der Waals surface area contributed by atoms with Crippen molar-refractivity contribution in [1.29, 1.82) is 0 Å². The first kappa shape index (κ1) is 54.4. The second kappa shape index (κ2) is 18.2. The molecular formula is C44H18F24OP2S. The van der Waals surface area contributed by atoms with Crippen LogP contribution in [0.15, 0.2) is 119 Å². The Morgan fingerprint density at radius 1 is 0.278 bits per heavy atom. The number of hydrogen-bond donors (Lipinski definition) is 0. The Labute approximate surface area is 393 Å². The van der Waals surface area contributed by atoms with E-state index in [4.69, 9.17) is 4.74 Å². The molecule has 1 nitrogen and oxygen atoms in total. The molecule has 1 aliphatic rings. The average molecular weight is 1110 g/mol. The van der Waals surface area contributed by atoms with Crippen molar-refractivity contribution in [1.82, 2.24) is 0 Å². The van der Waals surface area contributed by atoms with Crippen molar-refractivity contribution in [3.8, 4) is 11.5 Å². The molecule has 0 N–H and O–H groups in total. The fraction of sp³-hybridized carbons (Fsp3) is 0.182. The maximum Gasteiger partial charge on any atom is 0.416 e. The molecule has 0 saturated heterocycles. The summed E-state index contributed by atoms with van der Waals surface area (Å²) in [5.74, 6) is -1.69. The van der Waals surface area contributed by atoms with Crippen LogP contribution in [0.5, 0.6) is 11.5 Å². The maximum atomic E-state index is 14.3. The van der Waals surface area contributed by atoms with Gasteiger partial charge in [0.1, 0.15) is 11.5 Å². The van der Waals surface area contributed by atoms with Crippen LogP contribution in [0.4, 0.5) is 105 Å². The van der Waals surface area contributed by atoms with Crippen molar-refractivity contribution in [3.63, 3.8) is 0 Å². The minimum atomic E-state index is -5.68. The zero-order valence-corrected chi connectivity index (χ0v) is 36.8. The molecule has 6 aromatic carbocycles. The van der Waals surface area contributed by atoms with E-state index in [0.29, 0.717) is 11.8 Å². The predicted molar refractivity (Wildman–Crippen MR) is 215 cm³/mol. The van der Waals surface area contributed by atoms with Gasteiger partial charge in [0.25, 0.3) is 0 Å². The molecule has 6 aromatic rings. The van der Waals surface area contributed by atoms with Crippen molar-refractivity contribution in [2.75, 3.05) is 0 Å². The normalized spacial score (nSPS) is 14.1. The van der Waals surface area contributed by atoms with E-state index in [0.717, 1.165) is 36.4 Å². The Bertz CT molecular complexity index is 2570. The fourth-order valence-electron chi connectivity index (χ4n) is 7.07. The Balaban J connectivity index is 1.58. The highest BCUT2D eigenvalue weighted by Gasteiger charge is 2.44. The van der Waals surface area contributed by atoms with Crippen LogP contribution in [0.3, 0.4) is 0 Å². The Hall–Kier alpha value is -5.35. The van der Waals surface area contributed by atoms with Crippen LogP contribution in [0.25, 0.3) is 0 Å². The van der Waals surface area contributed by atoms with E-state index in [9.17, 15) is 105 Å². The van der Waals surface area contributed by atoms with E-state index >= 15 is 0 Å². The highest BCUT2D eigenvalue weighted by molar-refractivity contribution is 7.99. The number of benzene rings is 6. The molecule has 28 heteroatoms. The molecule has 0 aromatic heterocycles. The molecule has 72 heavy (non-hydrogen) atoms. The summed E-state index contributed by atoms with van der Waals surface area (Å²) in [6.07, 6.45) is -45.4. The van der Waals surface area contributed by atoms with Crippen LogP contribution >= 0.6 is 27.6 Å². The third-order valence-corrected chi connectivity index (χ3v) is 16.0. The maximum absolute atomic E-state index is 14.3. The molecule has 0 saturated carbocycles. The molecule has 1 heterocycles. The van der Waals surface area contributed by atoms with Crippen LogP contribution in [0, 0.1) is 0 Å². The molecule has 1 aliphatic heterocycles. The summed E-state index contributed by atoms with van der Waals surface area (Å²) in [6.45, 7) is 0. The number of rotatable bonds is 6. The van der Waals surface area contributed by atoms with Gasteiger partial charge in [-0.1, -0.05) is 36.0 Å². The van der Waals surface area contributed by atoms with Gasteiger partial charge < -0.3 is 4.74 Å². The van der Waals surface area contributed by atoms with E-state index in [1.807, 2.05) is 0 Å². The first-order valence-corrected chi connectivity index (χ1v) is 22.6. The lowest BCUT2D eigenvalue weighted by molar-refractivity contribution is -0.144. The second-order valence-corrected chi connectivity index (χ2v) is 20.6. The van der Waals surface area contributed by atoms with E-state index < -0.39 is 177 Å². The summed E-state index contributed by atoms with van der Waals surface area (Å²) in [7, 11) is -7.24. The molecule has 0 amide bonds. The number of hydrogen-bond acceptors (Lipinski definition) is 2. The minimum Gasteiger partial charge on any atom is -0.454 e. The molecule has 0 fully saturated rings. The second-order valence-electron chi connectivity index (χ2n) is 15.1. The fourth-order valence-corrected chi connectivity index (χ4v) is 13.3. The number of halogens is 24. The first-order chi connectivity index (χ1) is 32.7. The lowest BCUT2D eigenvalue weighted by Crippen LogP contribution is -2.29. The number of fused-ring (bicyclic) bond motifs is 2. The van der Waals surface area contributed by atoms with Crippen LogP contribution < -0.4 is 36.6 Å². The summed E-state index contributed by atoms with van der Waals surface area (Å²) >= 11 is 0.441.